The van der Waals surface area contributed by atoms with Gasteiger partial charge in [0.2, 0.25) is 0 Å². The summed E-state index contributed by atoms with van der Waals surface area (Å²) in [5, 5.41) is 10.9. The Bertz CT molecular complexity index is 748. The number of aliphatic hydroxyl groups excluding tert-OH is 1. The zero-order valence-corrected chi connectivity index (χ0v) is 14.7. The van der Waals surface area contributed by atoms with E-state index in [-0.39, 0.29) is 5.82 Å². The van der Waals surface area contributed by atoms with Crippen LogP contribution in [0.15, 0.2) is 42.6 Å². The molecule has 3 rings (SSSR count). The topological polar surface area (TPSA) is 39.6 Å². The monoisotopic (exact) mass is 385 g/mol. The molecule has 0 aliphatic carbocycles. The van der Waals surface area contributed by atoms with Gasteiger partial charge in [-0.1, -0.05) is 23.7 Å². The Kier molecular flexibility index (Phi) is 5.70. The van der Waals surface area contributed by atoms with Crippen LogP contribution in [0.2, 0.25) is 5.02 Å². The second kappa shape index (κ2) is 7.82. The minimum atomic E-state index is -4.43. The third-order valence-electron chi connectivity index (χ3n) is 4.43. The first-order valence-electron chi connectivity index (χ1n) is 8.27. The van der Waals surface area contributed by atoms with E-state index >= 15 is 0 Å². The SMILES string of the molecule is OC(CN1CCN(c2ncccc2C(F)(F)F)CC1)c1cccc(Cl)c1. The van der Waals surface area contributed by atoms with E-state index in [9.17, 15) is 18.3 Å². The van der Waals surface area contributed by atoms with E-state index in [1.807, 2.05) is 4.90 Å². The second-order valence-corrected chi connectivity index (χ2v) is 6.67. The van der Waals surface area contributed by atoms with Crippen molar-refractivity contribution in [2.75, 3.05) is 37.6 Å². The quantitative estimate of drug-likeness (QED) is 0.872. The van der Waals surface area contributed by atoms with Gasteiger partial charge in [-0.25, -0.2) is 4.98 Å². The van der Waals surface area contributed by atoms with Crippen molar-refractivity contribution < 1.29 is 18.3 Å². The van der Waals surface area contributed by atoms with Gasteiger partial charge in [0.05, 0.1) is 11.7 Å². The summed E-state index contributed by atoms with van der Waals surface area (Å²) in [6.07, 6.45) is -3.75. The maximum absolute atomic E-state index is 13.2. The molecular formula is C18H19ClF3N3O. The predicted molar refractivity (Wildman–Crippen MR) is 94.3 cm³/mol. The summed E-state index contributed by atoms with van der Waals surface area (Å²) in [4.78, 5) is 7.61. The number of piperazine rings is 1. The Balaban J connectivity index is 1.62. The zero-order chi connectivity index (χ0) is 18.7. The molecule has 1 aromatic heterocycles. The van der Waals surface area contributed by atoms with E-state index in [1.165, 1.54) is 12.3 Å². The number of anilines is 1. The highest BCUT2D eigenvalue weighted by Gasteiger charge is 2.36. The lowest BCUT2D eigenvalue weighted by molar-refractivity contribution is -0.137. The molecule has 2 heterocycles. The van der Waals surface area contributed by atoms with Crippen molar-refractivity contribution in [1.29, 1.82) is 0 Å². The number of benzene rings is 1. The van der Waals surface area contributed by atoms with Crippen LogP contribution in [-0.2, 0) is 6.18 Å². The van der Waals surface area contributed by atoms with E-state index in [1.54, 1.807) is 29.2 Å². The van der Waals surface area contributed by atoms with Gasteiger partial charge in [-0.15, -0.1) is 0 Å². The number of halogens is 4. The maximum atomic E-state index is 13.2. The molecular weight excluding hydrogens is 367 g/mol. The Morgan fingerprint density at radius 1 is 1.12 bits per heavy atom. The van der Waals surface area contributed by atoms with Gasteiger partial charge in [0.25, 0.3) is 0 Å². The molecule has 0 radical (unpaired) electrons. The molecule has 1 aliphatic heterocycles. The summed E-state index contributed by atoms with van der Waals surface area (Å²) >= 11 is 5.94. The van der Waals surface area contributed by atoms with Gasteiger partial charge in [0.15, 0.2) is 0 Å². The third kappa shape index (κ3) is 4.47. The number of nitrogens with zero attached hydrogens (tertiary/aromatic N) is 3. The van der Waals surface area contributed by atoms with Gasteiger partial charge in [0, 0.05) is 43.9 Å². The summed E-state index contributed by atoms with van der Waals surface area (Å²) in [7, 11) is 0. The van der Waals surface area contributed by atoms with Crippen LogP contribution in [-0.4, -0.2) is 47.7 Å². The molecule has 1 saturated heterocycles. The Morgan fingerprint density at radius 2 is 1.85 bits per heavy atom. The van der Waals surface area contributed by atoms with Crippen molar-refractivity contribution in [3.63, 3.8) is 0 Å². The van der Waals surface area contributed by atoms with Crippen molar-refractivity contribution in [2.45, 2.75) is 12.3 Å². The zero-order valence-electron chi connectivity index (χ0n) is 14.0. The van der Waals surface area contributed by atoms with Gasteiger partial charge < -0.3 is 10.0 Å². The smallest absolute Gasteiger partial charge is 0.387 e. The molecule has 0 bridgehead atoms. The van der Waals surface area contributed by atoms with Gasteiger partial charge >= 0.3 is 6.18 Å². The van der Waals surface area contributed by atoms with Crippen molar-refractivity contribution in [1.82, 2.24) is 9.88 Å². The summed E-state index contributed by atoms with van der Waals surface area (Å²) in [5.74, 6) is -0.0324. The molecule has 26 heavy (non-hydrogen) atoms. The predicted octanol–water partition coefficient (Wildman–Crippen LogP) is 3.61. The lowest BCUT2D eigenvalue weighted by Gasteiger charge is -2.37. The van der Waals surface area contributed by atoms with E-state index in [0.29, 0.717) is 37.7 Å². The molecule has 1 atom stereocenters. The third-order valence-corrected chi connectivity index (χ3v) is 4.66. The standard InChI is InChI=1S/C18H19ClF3N3O/c19-14-4-1-3-13(11-14)16(26)12-24-7-9-25(10-8-24)17-15(18(20,21)22)5-2-6-23-17/h1-6,11,16,26H,7-10,12H2. The van der Waals surface area contributed by atoms with Crippen LogP contribution in [0.4, 0.5) is 19.0 Å². The molecule has 8 heteroatoms. The molecule has 0 spiro atoms. The first-order valence-corrected chi connectivity index (χ1v) is 8.65. The van der Waals surface area contributed by atoms with Gasteiger partial charge in [-0.2, -0.15) is 13.2 Å². The number of hydrogen-bond acceptors (Lipinski definition) is 4. The molecule has 140 valence electrons. The Morgan fingerprint density at radius 3 is 2.50 bits per heavy atom. The normalized spacial score (nSPS) is 17.3. The molecule has 1 N–H and O–H groups in total. The Labute approximate surface area is 154 Å². The van der Waals surface area contributed by atoms with Gasteiger partial charge in [-0.3, -0.25) is 4.90 Å². The number of alkyl halides is 3. The minimum absolute atomic E-state index is 0.0324. The lowest BCUT2D eigenvalue weighted by Crippen LogP contribution is -2.48. The molecule has 4 nitrogen and oxygen atoms in total. The number of aliphatic hydroxyl groups is 1. The van der Waals surface area contributed by atoms with Crippen molar-refractivity contribution in [3.8, 4) is 0 Å². The first-order chi connectivity index (χ1) is 12.3. The summed E-state index contributed by atoms with van der Waals surface area (Å²) in [6.45, 7) is 2.34. The summed E-state index contributed by atoms with van der Waals surface area (Å²) in [6, 6.07) is 9.38. The highest BCUT2D eigenvalue weighted by atomic mass is 35.5. The van der Waals surface area contributed by atoms with Crippen LogP contribution < -0.4 is 4.90 Å². The van der Waals surface area contributed by atoms with Crippen LogP contribution >= 0.6 is 11.6 Å². The van der Waals surface area contributed by atoms with Crippen molar-refractivity contribution in [2.24, 2.45) is 0 Å². The van der Waals surface area contributed by atoms with E-state index in [2.05, 4.69) is 4.98 Å². The van der Waals surface area contributed by atoms with E-state index in [0.717, 1.165) is 11.6 Å². The lowest BCUT2D eigenvalue weighted by atomic mass is 10.1. The average molecular weight is 386 g/mol. The molecule has 2 aromatic rings. The van der Waals surface area contributed by atoms with Crippen LogP contribution in [0.1, 0.15) is 17.2 Å². The number of hydrogen-bond donors (Lipinski definition) is 1. The van der Waals surface area contributed by atoms with Crippen LogP contribution in [0, 0.1) is 0 Å². The van der Waals surface area contributed by atoms with Gasteiger partial charge in [0.1, 0.15) is 5.82 Å². The summed E-state index contributed by atoms with van der Waals surface area (Å²) in [5.41, 5.74) is 0.0106. The fourth-order valence-electron chi connectivity index (χ4n) is 3.08. The number of aromatic nitrogens is 1. The molecule has 0 amide bonds. The fraction of sp³-hybridized carbons (Fsp3) is 0.389. The molecule has 1 aliphatic rings. The van der Waals surface area contributed by atoms with Gasteiger partial charge in [-0.05, 0) is 29.8 Å². The van der Waals surface area contributed by atoms with Crippen molar-refractivity contribution >= 4 is 17.4 Å². The first kappa shape index (κ1) is 18.9. The molecule has 1 fully saturated rings. The minimum Gasteiger partial charge on any atom is -0.387 e. The Hall–Kier alpha value is -1.83. The number of rotatable bonds is 4. The van der Waals surface area contributed by atoms with E-state index in [4.69, 9.17) is 11.6 Å². The van der Waals surface area contributed by atoms with E-state index < -0.39 is 17.8 Å². The largest absolute Gasteiger partial charge is 0.419 e. The highest BCUT2D eigenvalue weighted by Crippen LogP contribution is 2.35. The summed E-state index contributed by atoms with van der Waals surface area (Å²) < 4.78 is 39.5. The number of β-amino-alcohol motifs (C(OH)–C–C–N with tert-alkyl or cyclic N) is 1. The van der Waals surface area contributed by atoms with Crippen LogP contribution in [0.3, 0.4) is 0 Å². The molecule has 1 aromatic carbocycles. The second-order valence-electron chi connectivity index (χ2n) is 6.23. The highest BCUT2D eigenvalue weighted by molar-refractivity contribution is 6.30. The molecule has 1 unspecified atom stereocenters. The van der Waals surface area contributed by atoms with Crippen LogP contribution in [0.5, 0.6) is 0 Å². The maximum Gasteiger partial charge on any atom is 0.419 e. The molecule has 0 saturated carbocycles. The van der Waals surface area contributed by atoms with Crippen molar-refractivity contribution in [3.05, 3.63) is 58.7 Å². The number of pyridine rings is 1. The fourth-order valence-corrected chi connectivity index (χ4v) is 3.28. The van der Waals surface area contributed by atoms with Crippen LogP contribution in [0.25, 0.3) is 0 Å². The average Bonchev–Trinajstić information content (AvgIpc) is 2.61.